The monoisotopic (exact) mass is 144 g/mol. The summed E-state index contributed by atoms with van der Waals surface area (Å²) in [5.41, 5.74) is 2.81. The van der Waals surface area contributed by atoms with Gasteiger partial charge in [0, 0.05) is 6.04 Å². The molecule has 0 saturated heterocycles. The van der Waals surface area contributed by atoms with Crippen LogP contribution in [0.5, 0.6) is 0 Å². The Morgan fingerprint density at radius 2 is 2.00 bits per heavy atom. The lowest BCUT2D eigenvalue weighted by Crippen LogP contribution is -2.34. The second-order valence-corrected chi connectivity index (χ2v) is 2.77. The maximum Gasteiger partial charge on any atom is 0.0207 e. The minimum atomic E-state index is 0.534. The molecule has 0 aliphatic heterocycles. The topological polar surface area (TPSA) is 38.0 Å². The van der Waals surface area contributed by atoms with E-state index < -0.39 is 0 Å². The number of unbranched alkanes of at least 4 members (excludes halogenated alkanes) is 2. The Bertz CT molecular complexity index is 60.3. The third-order valence-corrected chi connectivity index (χ3v) is 1.88. The van der Waals surface area contributed by atoms with Crippen molar-refractivity contribution in [3.8, 4) is 0 Å². The number of hydrogen-bond acceptors (Lipinski definition) is 2. The maximum absolute atomic E-state index is 5.32. The van der Waals surface area contributed by atoms with Gasteiger partial charge in [-0.2, -0.15) is 0 Å². The Morgan fingerprint density at radius 3 is 2.40 bits per heavy atom. The first kappa shape index (κ1) is 9.92. The highest BCUT2D eigenvalue weighted by Crippen LogP contribution is 2.04. The average molecular weight is 144 g/mol. The lowest BCUT2D eigenvalue weighted by molar-refractivity contribution is 0.458. The second-order valence-electron chi connectivity index (χ2n) is 2.77. The summed E-state index contributed by atoms with van der Waals surface area (Å²) in [6, 6.07) is 0.534. The van der Waals surface area contributed by atoms with E-state index in [2.05, 4.69) is 19.3 Å². The molecule has 0 aromatic heterocycles. The van der Waals surface area contributed by atoms with Gasteiger partial charge < -0.3 is 0 Å². The Morgan fingerprint density at radius 1 is 1.30 bits per heavy atom. The fourth-order valence-corrected chi connectivity index (χ4v) is 1.05. The smallest absolute Gasteiger partial charge is 0.0207 e. The lowest BCUT2D eigenvalue weighted by atomic mass is 10.1. The van der Waals surface area contributed by atoms with Crippen molar-refractivity contribution in [3.63, 3.8) is 0 Å². The summed E-state index contributed by atoms with van der Waals surface area (Å²) in [6.07, 6.45) is 6.29. The zero-order valence-corrected chi connectivity index (χ0v) is 7.19. The highest BCUT2D eigenvalue weighted by atomic mass is 15.2. The van der Waals surface area contributed by atoms with E-state index in [0.29, 0.717) is 6.04 Å². The number of rotatable bonds is 6. The Kier molecular flexibility index (Phi) is 6.98. The molecule has 62 valence electrons. The van der Waals surface area contributed by atoms with Gasteiger partial charge in [-0.15, -0.1) is 0 Å². The van der Waals surface area contributed by atoms with Gasteiger partial charge in [-0.25, -0.2) is 0 Å². The molecule has 0 aromatic rings. The summed E-state index contributed by atoms with van der Waals surface area (Å²) in [4.78, 5) is 0. The third-order valence-electron chi connectivity index (χ3n) is 1.88. The summed E-state index contributed by atoms with van der Waals surface area (Å²) in [5.74, 6) is 5.32. The van der Waals surface area contributed by atoms with Crippen molar-refractivity contribution in [1.29, 1.82) is 0 Å². The Hall–Kier alpha value is -0.0800. The van der Waals surface area contributed by atoms with E-state index in [1.165, 1.54) is 25.7 Å². The molecule has 0 fully saturated rings. The van der Waals surface area contributed by atoms with E-state index in [1.54, 1.807) is 0 Å². The predicted octanol–water partition coefficient (Wildman–Crippen LogP) is 1.81. The molecule has 0 radical (unpaired) electrons. The molecule has 10 heavy (non-hydrogen) atoms. The molecule has 0 aromatic carbocycles. The maximum atomic E-state index is 5.32. The molecule has 0 spiro atoms. The van der Waals surface area contributed by atoms with Gasteiger partial charge in [0.2, 0.25) is 0 Å². The highest BCUT2D eigenvalue weighted by Gasteiger charge is 2.00. The third kappa shape index (κ3) is 4.77. The van der Waals surface area contributed by atoms with Crippen molar-refractivity contribution in [2.75, 3.05) is 0 Å². The molecule has 2 heteroatoms. The highest BCUT2D eigenvalue weighted by molar-refractivity contribution is 4.59. The quantitative estimate of drug-likeness (QED) is 0.339. The summed E-state index contributed by atoms with van der Waals surface area (Å²) in [5, 5.41) is 0. The summed E-state index contributed by atoms with van der Waals surface area (Å²) < 4.78 is 0. The van der Waals surface area contributed by atoms with Crippen molar-refractivity contribution in [3.05, 3.63) is 0 Å². The van der Waals surface area contributed by atoms with Crippen LogP contribution in [0.15, 0.2) is 0 Å². The SMILES string of the molecule is CCCCC[C@@H](CC)NN. The number of hydrogen-bond donors (Lipinski definition) is 2. The standard InChI is InChI=1S/C8H20N2/c1-3-5-6-7-8(4-2)10-9/h8,10H,3-7,9H2,1-2H3/t8-/m1/s1. The summed E-state index contributed by atoms with van der Waals surface area (Å²) in [6.45, 7) is 4.38. The van der Waals surface area contributed by atoms with Gasteiger partial charge in [-0.3, -0.25) is 11.3 Å². The number of hydrazine groups is 1. The Labute approximate surface area is 64.2 Å². The largest absolute Gasteiger partial charge is 0.271 e. The normalized spacial score (nSPS) is 13.5. The van der Waals surface area contributed by atoms with Crippen LogP contribution in [0, 0.1) is 0 Å². The first-order chi connectivity index (χ1) is 4.85. The van der Waals surface area contributed by atoms with E-state index in [0.717, 1.165) is 6.42 Å². The van der Waals surface area contributed by atoms with Crippen LogP contribution in [-0.4, -0.2) is 6.04 Å². The average Bonchev–Trinajstić information content (AvgIpc) is 1.99. The number of nitrogens with two attached hydrogens (primary N) is 1. The van der Waals surface area contributed by atoms with Gasteiger partial charge in [0.1, 0.15) is 0 Å². The van der Waals surface area contributed by atoms with Crippen molar-refractivity contribution in [1.82, 2.24) is 5.43 Å². The van der Waals surface area contributed by atoms with Gasteiger partial charge in [0.15, 0.2) is 0 Å². The molecular weight excluding hydrogens is 124 g/mol. The van der Waals surface area contributed by atoms with Crippen LogP contribution >= 0.6 is 0 Å². The van der Waals surface area contributed by atoms with Crippen molar-refractivity contribution in [2.24, 2.45) is 5.84 Å². The fourth-order valence-electron chi connectivity index (χ4n) is 1.05. The number of nitrogens with one attached hydrogen (secondary N) is 1. The molecule has 0 rings (SSSR count). The van der Waals surface area contributed by atoms with Crippen LogP contribution in [0.4, 0.5) is 0 Å². The molecule has 3 N–H and O–H groups in total. The summed E-state index contributed by atoms with van der Waals surface area (Å²) >= 11 is 0. The molecule has 0 unspecified atom stereocenters. The van der Waals surface area contributed by atoms with Crippen LogP contribution in [0.1, 0.15) is 46.0 Å². The van der Waals surface area contributed by atoms with Gasteiger partial charge in [-0.05, 0) is 12.8 Å². The van der Waals surface area contributed by atoms with E-state index in [9.17, 15) is 0 Å². The van der Waals surface area contributed by atoms with Crippen LogP contribution in [0.2, 0.25) is 0 Å². The molecule has 0 bridgehead atoms. The van der Waals surface area contributed by atoms with Crippen LogP contribution in [0.3, 0.4) is 0 Å². The van der Waals surface area contributed by atoms with Gasteiger partial charge in [0.05, 0.1) is 0 Å². The van der Waals surface area contributed by atoms with Crippen molar-refractivity contribution < 1.29 is 0 Å². The van der Waals surface area contributed by atoms with Gasteiger partial charge in [-0.1, -0.05) is 33.1 Å². The summed E-state index contributed by atoms with van der Waals surface area (Å²) in [7, 11) is 0. The van der Waals surface area contributed by atoms with Crippen LogP contribution < -0.4 is 11.3 Å². The van der Waals surface area contributed by atoms with E-state index in [1.807, 2.05) is 0 Å². The minimum Gasteiger partial charge on any atom is -0.271 e. The first-order valence-corrected chi connectivity index (χ1v) is 4.31. The zero-order valence-electron chi connectivity index (χ0n) is 7.19. The molecule has 0 saturated carbocycles. The van der Waals surface area contributed by atoms with Crippen molar-refractivity contribution in [2.45, 2.75) is 52.0 Å². The Balaban J connectivity index is 3.09. The second kappa shape index (κ2) is 7.03. The molecule has 0 aliphatic rings. The zero-order chi connectivity index (χ0) is 7.82. The molecule has 0 heterocycles. The first-order valence-electron chi connectivity index (χ1n) is 4.31. The van der Waals surface area contributed by atoms with E-state index in [-0.39, 0.29) is 0 Å². The molecule has 2 nitrogen and oxygen atoms in total. The van der Waals surface area contributed by atoms with E-state index in [4.69, 9.17) is 5.84 Å². The lowest BCUT2D eigenvalue weighted by Gasteiger charge is -2.11. The molecule has 0 amide bonds. The fraction of sp³-hybridized carbons (Fsp3) is 1.00. The molecule has 0 aliphatic carbocycles. The van der Waals surface area contributed by atoms with Crippen LogP contribution in [-0.2, 0) is 0 Å². The van der Waals surface area contributed by atoms with Crippen molar-refractivity contribution >= 4 is 0 Å². The minimum absolute atomic E-state index is 0.534. The van der Waals surface area contributed by atoms with E-state index >= 15 is 0 Å². The van der Waals surface area contributed by atoms with Gasteiger partial charge in [0.25, 0.3) is 0 Å². The van der Waals surface area contributed by atoms with Gasteiger partial charge >= 0.3 is 0 Å². The van der Waals surface area contributed by atoms with Crippen LogP contribution in [0.25, 0.3) is 0 Å². The molecule has 1 atom stereocenters. The molecular formula is C8H20N2. The predicted molar refractivity (Wildman–Crippen MR) is 45.5 cm³/mol.